The number of para-hydroxylation sites is 1. The molecule has 4 heteroatoms. The number of rotatable bonds is 6. The lowest BCUT2D eigenvalue weighted by atomic mass is 10.2. The molecule has 0 atom stereocenters. The largest absolute Gasteiger partial charge is 0.363 e. The molecule has 0 aliphatic carbocycles. The number of aromatic amines is 1. The van der Waals surface area contributed by atoms with Gasteiger partial charge in [0, 0.05) is 18.4 Å². The summed E-state index contributed by atoms with van der Waals surface area (Å²) in [5.74, 6) is 0.0202. The van der Waals surface area contributed by atoms with E-state index in [9.17, 15) is 4.79 Å². The molecule has 0 amide bonds. The Morgan fingerprint density at radius 1 is 1.21 bits per heavy atom. The Hall–Kier alpha value is -2.54. The van der Waals surface area contributed by atoms with Gasteiger partial charge in [0.25, 0.3) is 0 Å². The van der Waals surface area contributed by atoms with Crippen LogP contribution in [-0.4, -0.2) is 23.9 Å². The number of carbonyl (C=O) groups is 1. The maximum absolute atomic E-state index is 12.1. The second-order valence-corrected chi connectivity index (χ2v) is 4.17. The molecule has 0 radical (unpaired) electrons. The average molecular weight is 253 g/mol. The van der Waals surface area contributed by atoms with Gasteiger partial charge in [0.2, 0.25) is 0 Å². The molecule has 1 aromatic heterocycles. The predicted octanol–water partition coefficient (Wildman–Crippen LogP) is 2.62. The van der Waals surface area contributed by atoms with Crippen LogP contribution in [0.1, 0.15) is 16.9 Å². The molecule has 2 aromatic rings. The number of nitrogens with one attached hydrogen (secondary N) is 1. The number of nitrogens with zero attached hydrogens (tertiary/aromatic N) is 2. The molecular weight excluding hydrogens is 238 g/mol. The lowest BCUT2D eigenvalue weighted by Gasteiger charge is -2.22. The molecule has 4 nitrogen and oxygen atoms in total. The zero-order chi connectivity index (χ0) is 13.5. The van der Waals surface area contributed by atoms with Crippen LogP contribution in [0.25, 0.3) is 0 Å². The Kier molecular flexibility index (Phi) is 4.35. The molecule has 0 unspecified atom stereocenters. The Morgan fingerprint density at radius 3 is 2.63 bits per heavy atom. The molecule has 0 bridgehead atoms. The molecule has 0 aliphatic rings. The van der Waals surface area contributed by atoms with Crippen molar-refractivity contribution in [3.8, 4) is 6.07 Å². The van der Waals surface area contributed by atoms with Crippen LogP contribution in [0.3, 0.4) is 0 Å². The van der Waals surface area contributed by atoms with Crippen molar-refractivity contribution in [2.45, 2.75) is 6.42 Å². The zero-order valence-electron chi connectivity index (χ0n) is 10.5. The normalized spacial score (nSPS) is 9.84. The van der Waals surface area contributed by atoms with Crippen molar-refractivity contribution in [2.75, 3.05) is 18.0 Å². The van der Waals surface area contributed by atoms with Gasteiger partial charge in [0.15, 0.2) is 5.78 Å². The molecular formula is C15H15N3O. The van der Waals surface area contributed by atoms with Crippen LogP contribution < -0.4 is 4.90 Å². The van der Waals surface area contributed by atoms with Crippen molar-refractivity contribution in [1.82, 2.24) is 4.98 Å². The molecule has 0 saturated carbocycles. The number of carbonyl (C=O) groups excluding carboxylic acids is 1. The highest BCUT2D eigenvalue weighted by molar-refractivity contribution is 5.97. The van der Waals surface area contributed by atoms with E-state index in [0.717, 1.165) is 5.69 Å². The highest BCUT2D eigenvalue weighted by atomic mass is 16.1. The van der Waals surface area contributed by atoms with E-state index in [-0.39, 0.29) is 12.3 Å². The fourth-order valence-electron chi connectivity index (χ4n) is 1.89. The van der Waals surface area contributed by atoms with Gasteiger partial charge in [-0.15, -0.1) is 0 Å². The average Bonchev–Trinajstić information content (AvgIpc) is 2.98. The minimum Gasteiger partial charge on any atom is -0.363 e. The predicted molar refractivity (Wildman–Crippen MR) is 74.0 cm³/mol. The summed E-state index contributed by atoms with van der Waals surface area (Å²) in [5.41, 5.74) is 1.55. The smallest absolute Gasteiger partial charge is 0.198 e. The highest BCUT2D eigenvalue weighted by Gasteiger charge is 2.13. The summed E-state index contributed by atoms with van der Waals surface area (Å²) in [5, 5.41) is 8.71. The number of ketones is 1. The fraction of sp³-hybridized carbons (Fsp3) is 0.200. The van der Waals surface area contributed by atoms with Crippen LogP contribution in [0, 0.1) is 11.3 Å². The van der Waals surface area contributed by atoms with E-state index in [1.54, 1.807) is 18.3 Å². The molecule has 0 fully saturated rings. The third-order valence-electron chi connectivity index (χ3n) is 2.85. The summed E-state index contributed by atoms with van der Waals surface area (Å²) in [6.07, 6.45) is 2.13. The van der Waals surface area contributed by atoms with E-state index in [4.69, 9.17) is 5.26 Å². The van der Waals surface area contributed by atoms with Crippen molar-refractivity contribution in [3.63, 3.8) is 0 Å². The molecule has 96 valence electrons. The first-order chi connectivity index (χ1) is 9.31. The van der Waals surface area contributed by atoms with Crippen LogP contribution in [0.5, 0.6) is 0 Å². The zero-order valence-corrected chi connectivity index (χ0v) is 10.5. The maximum Gasteiger partial charge on any atom is 0.198 e. The number of benzene rings is 1. The second kappa shape index (κ2) is 6.41. The van der Waals surface area contributed by atoms with Crippen LogP contribution >= 0.6 is 0 Å². The Bertz CT molecular complexity index is 555. The molecule has 1 N–H and O–H groups in total. The highest BCUT2D eigenvalue weighted by Crippen LogP contribution is 2.14. The lowest BCUT2D eigenvalue weighted by molar-refractivity contribution is 0.0995. The van der Waals surface area contributed by atoms with Crippen molar-refractivity contribution in [1.29, 1.82) is 5.26 Å². The number of H-pyrrole nitrogens is 1. The van der Waals surface area contributed by atoms with Gasteiger partial charge in [-0.2, -0.15) is 5.26 Å². The molecule has 2 rings (SSSR count). The minimum atomic E-state index is 0.0202. The maximum atomic E-state index is 12.1. The monoisotopic (exact) mass is 253 g/mol. The Morgan fingerprint density at radius 2 is 2.00 bits per heavy atom. The molecule has 1 heterocycles. The van der Waals surface area contributed by atoms with Gasteiger partial charge < -0.3 is 9.88 Å². The number of aromatic nitrogens is 1. The van der Waals surface area contributed by atoms with E-state index < -0.39 is 0 Å². The first kappa shape index (κ1) is 12.9. The van der Waals surface area contributed by atoms with E-state index in [2.05, 4.69) is 11.1 Å². The van der Waals surface area contributed by atoms with Crippen LogP contribution in [-0.2, 0) is 0 Å². The third-order valence-corrected chi connectivity index (χ3v) is 2.85. The topological polar surface area (TPSA) is 59.9 Å². The van der Waals surface area contributed by atoms with E-state index >= 15 is 0 Å². The number of Topliss-reactive ketones (excluding diaryl/α,β-unsaturated/α-hetero) is 1. The fourth-order valence-corrected chi connectivity index (χ4v) is 1.89. The first-order valence-electron chi connectivity index (χ1n) is 6.15. The van der Waals surface area contributed by atoms with Crippen LogP contribution in [0.4, 0.5) is 5.69 Å². The van der Waals surface area contributed by atoms with E-state index in [1.807, 2.05) is 35.2 Å². The number of hydrogen-bond donors (Lipinski definition) is 1. The minimum absolute atomic E-state index is 0.0202. The van der Waals surface area contributed by atoms with E-state index in [0.29, 0.717) is 18.7 Å². The molecule has 0 saturated heterocycles. The number of nitriles is 1. The Labute approximate surface area is 112 Å². The van der Waals surface area contributed by atoms with Crippen LogP contribution in [0.2, 0.25) is 0 Å². The van der Waals surface area contributed by atoms with Gasteiger partial charge >= 0.3 is 0 Å². The number of anilines is 1. The first-order valence-corrected chi connectivity index (χ1v) is 6.15. The van der Waals surface area contributed by atoms with Crippen molar-refractivity contribution < 1.29 is 4.79 Å². The van der Waals surface area contributed by atoms with Gasteiger partial charge in [-0.05, 0) is 24.3 Å². The molecule has 1 aromatic carbocycles. The molecule has 0 aliphatic heterocycles. The van der Waals surface area contributed by atoms with Gasteiger partial charge in [-0.25, -0.2) is 0 Å². The van der Waals surface area contributed by atoms with Crippen molar-refractivity contribution in [2.24, 2.45) is 0 Å². The van der Waals surface area contributed by atoms with Gasteiger partial charge in [-0.3, -0.25) is 4.79 Å². The summed E-state index contributed by atoms with van der Waals surface area (Å²) in [4.78, 5) is 16.9. The summed E-state index contributed by atoms with van der Waals surface area (Å²) in [6, 6.07) is 15.3. The summed E-state index contributed by atoms with van der Waals surface area (Å²) in [7, 11) is 0. The van der Waals surface area contributed by atoms with Crippen molar-refractivity contribution >= 4 is 11.5 Å². The molecule has 0 spiro atoms. The van der Waals surface area contributed by atoms with E-state index in [1.165, 1.54) is 0 Å². The lowest BCUT2D eigenvalue weighted by Crippen LogP contribution is -2.30. The van der Waals surface area contributed by atoms with Crippen LogP contribution in [0.15, 0.2) is 48.7 Å². The van der Waals surface area contributed by atoms with Gasteiger partial charge in [0.1, 0.15) is 0 Å². The summed E-state index contributed by atoms with van der Waals surface area (Å²) >= 11 is 0. The van der Waals surface area contributed by atoms with Gasteiger partial charge in [0.05, 0.1) is 24.7 Å². The quantitative estimate of drug-likeness (QED) is 0.805. The SMILES string of the molecule is N#CCCN(CC(=O)c1ccc[nH]1)c1ccccc1. The Balaban J connectivity index is 2.11. The standard InChI is InChI=1S/C15H15N3O/c16-9-5-11-18(13-6-2-1-3-7-13)12-15(19)14-8-4-10-17-14/h1-4,6-8,10,17H,5,11-12H2. The second-order valence-electron chi connectivity index (χ2n) is 4.17. The van der Waals surface area contributed by atoms with Gasteiger partial charge in [-0.1, -0.05) is 18.2 Å². The number of hydrogen-bond acceptors (Lipinski definition) is 3. The summed E-state index contributed by atoms with van der Waals surface area (Å²) < 4.78 is 0. The van der Waals surface area contributed by atoms with Crippen molar-refractivity contribution in [3.05, 3.63) is 54.4 Å². The third kappa shape index (κ3) is 3.46. The molecule has 19 heavy (non-hydrogen) atoms. The summed E-state index contributed by atoms with van der Waals surface area (Å²) in [6.45, 7) is 0.819.